The molecule has 0 saturated heterocycles. The third-order valence-corrected chi connectivity index (χ3v) is 6.39. The van der Waals surface area contributed by atoms with Gasteiger partial charge in [-0.05, 0) is 42.9 Å². The van der Waals surface area contributed by atoms with Crippen LogP contribution in [0.15, 0.2) is 18.2 Å². The number of halogens is 16. The Labute approximate surface area is 193 Å². The molecule has 0 radical (unpaired) electrons. The van der Waals surface area contributed by atoms with Crippen molar-refractivity contribution in [3.05, 3.63) is 34.9 Å². The summed E-state index contributed by atoms with van der Waals surface area (Å²) < 4.78 is 218. The van der Waals surface area contributed by atoms with Gasteiger partial charge in [-0.15, -0.1) is 0 Å². The number of benzene rings is 1. The minimum atomic E-state index is -6.95. The predicted octanol–water partition coefficient (Wildman–Crippen LogP) is 9.24. The summed E-state index contributed by atoms with van der Waals surface area (Å²) in [4.78, 5) is 0. The smallest absolute Gasteiger partial charge is 0.195 e. The highest BCUT2D eigenvalue weighted by Crippen LogP contribution is 2.60. The van der Waals surface area contributed by atoms with Gasteiger partial charge in [-0.25, -0.2) is 0 Å². The van der Waals surface area contributed by atoms with E-state index in [9.17, 15) is 70.2 Å². The second kappa shape index (κ2) is 8.84. The van der Waals surface area contributed by atoms with Crippen LogP contribution in [-0.4, -0.2) is 36.6 Å². The molecule has 1 rings (SSSR count). The zero-order valence-corrected chi connectivity index (χ0v) is 18.6. The summed E-state index contributed by atoms with van der Waals surface area (Å²) in [6, 6.07) is -0.771. The molecule has 0 aliphatic carbocycles. The molecule has 0 nitrogen and oxygen atoms in total. The van der Waals surface area contributed by atoms with Gasteiger partial charge in [0, 0.05) is 0 Å². The molecule has 16 heteroatoms. The van der Waals surface area contributed by atoms with Crippen LogP contribution in [-0.2, 0) is 10.8 Å². The summed E-state index contributed by atoms with van der Waals surface area (Å²) in [7, 11) is 0. The van der Waals surface area contributed by atoms with Gasteiger partial charge in [-0.2, -0.15) is 70.2 Å². The summed E-state index contributed by atoms with van der Waals surface area (Å²) in [6.07, 6.45) is -27.3. The fourth-order valence-corrected chi connectivity index (χ4v) is 3.36. The van der Waals surface area contributed by atoms with Gasteiger partial charge in [0.05, 0.1) is 0 Å². The predicted molar refractivity (Wildman–Crippen MR) is 94.0 cm³/mol. The van der Waals surface area contributed by atoms with Gasteiger partial charge < -0.3 is 0 Å². The minimum absolute atomic E-state index is 0.00661. The lowest BCUT2D eigenvalue weighted by Gasteiger charge is -2.43. The standard InChI is InChI=1S/C20H18F16/c1-5-9(2)10-6-11(13(3,17(25,26)27)15(21,22)19(31,32)33)8-12(7-10)14(4,18(28,29)30)16(23,24)20(34,35)36/h6-9H,5H2,1-4H3. The fraction of sp³-hybridized carbons (Fsp3) is 0.700. The van der Waals surface area contributed by atoms with Crippen LogP contribution in [0.4, 0.5) is 70.2 Å². The number of rotatable bonds is 6. The first-order valence-corrected chi connectivity index (χ1v) is 9.74. The average molecular weight is 562 g/mol. The van der Waals surface area contributed by atoms with Crippen molar-refractivity contribution in [1.29, 1.82) is 0 Å². The number of alkyl halides is 16. The Balaban J connectivity index is 4.39. The van der Waals surface area contributed by atoms with Crippen molar-refractivity contribution in [3.63, 3.8) is 0 Å². The second-order valence-electron chi connectivity index (χ2n) is 8.54. The molecule has 0 amide bonds. The molecule has 0 heterocycles. The summed E-state index contributed by atoms with van der Waals surface area (Å²) in [5, 5.41) is 0. The van der Waals surface area contributed by atoms with Crippen molar-refractivity contribution < 1.29 is 70.2 Å². The Kier molecular flexibility index (Phi) is 7.89. The van der Waals surface area contributed by atoms with Crippen molar-refractivity contribution in [2.45, 2.75) is 87.4 Å². The van der Waals surface area contributed by atoms with Crippen LogP contribution in [0.1, 0.15) is 56.7 Å². The molecular formula is C20H18F16. The van der Waals surface area contributed by atoms with Gasteiger partial charge in [-0.3, -0.25) is 0 Å². The van der Waals surface area contributed by atoms with Crippen LogP contribution >= 0.6 is 0 Å². The molecule has 210 valence electrons. The molecular weight excluding hydrogens is 544 g/mol. The van der Waals surface area contributed by atoms with Gasteiger partial charge >= 0.3 is 36.6 Å². The molecule has 0 aliphatic heterocycles. The van der Waals surface area contributed by atoms with E-state index in [1.165, 1.54) is 6.92 Å². The highest BCUT2D eigenvalue weighted by molar-refractivity contribution is 5.44. The van der Waals surface area contributed by atoms with Crippen LogP contribution in [0.3, 0.4) is 0 Å². The van der Waals surface area contributed by atoms with E-state index in [4.69, 9.17) is 0 Å². The quantitative estimate of drug-likeness (QED) is 0.303. The molecule has 0 aliphatic rings. The Morgan fingerprint density at radius 1 is 0.528 bits per heavy atom. The molecule has 3 atom stereocenters. The Morgan fingerprint density at radius 3 is 1.00 bits per heavy atom. The van der Waals surface area contributed by atoms with Gasteiger partial charge in [0.25, 0.3) is 0 Å². The van der Waals surface area contributed by atoms with Crippen LogP contribution in [0.2, 0.25) is 0 Å². The normalized spacial score (nSPS) is 19.0. The average Bonchev–Trinajstić information content (AvgIpc) is 2.67. The van der Waals surface area contributed by atoms with Gasteiger partial charge in [-0.1, -0.05) is 32.0 Å². The maximum Gasteiger partial charge on any atom is 0.454 e. The molecule has 1 aromatic rings. The van der Waals surface area contributed by atoms with Crippen LogP contribution < -0.4 is 0 Å². The van der Waals surface area contributed by atoms with E-state index in [2.05, 4.69) is 0 Å². The SMILES string of the molecule is CCC(C)c1cc(C(C)(C(F)(F)F)C(F)(F)C(F)(F)F)cc(C(C)(C(F)(F)F)C(F)(F)C(F)(F)F)c1. The topological polar surface area (TPSA) is 0 Å². The van der Waals surface area contributed by atoms with E-state index in [1.807, 2.05) is 0 Å². The van der Waals surface area contributed by atoms with E-state index < -0.39 is 89.9 Å². The third-order valence-electron chi connectivity index (χ3n) is 6.39. The van der Waals surface area contributed by atoms with Gasteiger partial charge in [0.1, 0.15) is 0 Å². The third kappa shape index (κ3) is 4.61. The molecule has 36 heavy (non-hydrogen) atoms. The second-order valence-corrected chi connectivity index (χ2v) is 8.54. The van der Waals surface area contributed by atoms with Crippen molar-refractivity contribution in [3.8, 4) is 0 Å². The van der Waals surface area contributed by atoms with E-state index in [1.54, 1.807) is 0 Å². The largest absolute Gasteiger partial charge is 0.454 e. The lowest BCUT2D eigenvalue weighted by Crippen LogP contribution is -2.62. The van der Waals surface area contributed by atoms with Crippen molar-refractivity contribution in [2.24, 2.45) is 0 Å². The van der Waals surface area contributed by atoms with E-state index in [0.29, 0.717) is 0 Å². The summed E-state index contributed by atoms with van der Waals surface area (Å²) in [5.41, 5.74) is -16.2. The maximum atomic E-state index is 14.3. The summed E-state index contributed by atoms with van der Waals surface area (Å²) >= 11 is 0. The fourth-order valence-electron chi connectivity index (χ4n) is 3.36. The van der Waals surface area contributed by atoms with E-state index in [0.717, 1.165) is 6.92 Å². The Hall–Kier alpha value is -1.90. The molecule has 0 bridgehead atoms. The van der Waals surface area contributed by atoms with Crippen LogP contribution in [0.5, 0.6) is 0 Å². The van der Waals surface area contributed by atoms with Crippen molar-refractivity contribution in [1.82, 2.24) is 0 Å². The first-order valence-electron chi connectivity index (χ1n) is 9.74. The van der Waals surface area contributed by atoms with Crippen LogP contribution in [0.25, 0.3) is 0 Å². The van der Waals surface area contributed by atoms with Crippen molar-refractivity contribution in [2.75, 3.05) is 0 Å². The Bertz CT molecular complexity index is 865. The van der Waals surface area contributed by atoms with Gasteiger partial charge in [0.15, 0.2) is 10.8 Å². The highest BCUT2D eigenvalue weighted by atomic mass is 19.4. The van der Waals surface area contributed by atoms with Gasteiger partial charge in [0.2, 0.25) is 0 Å². The maximum absolute atomic E-state index is 14.3. The molecule has 0 spiro atoms. The lowest BCUT2D eigenvalue weighted by atomic mass is 9.69. The molecule has 3 unspecified atom stereocenters. The minimum Gasteiger partial charge on any atom is -0.195 e. The molecule has 1 aromatic carbocycles. The molecule has 0 saturated carbocycles. The first kappa shape index (κ1) is 32.1. The molecule has 0 aromatic heterocycles. The summed E-state index contributed by atoms with van der Waals surface area (Å²) in [6.45, 7) is 0.805. The van der Waals surface area contributed by atoms with E-state index in [-0.39, 0.29) is 18.6 Å². The number of hydrogen-bond acceptors (Lipinski definition) is 0. The molecule has 0 fully saturated rings. The first-order chi connectivity index (χ1) is 15.6. The molecule has 0 N–H and O–H groups in total. The number of hydrogen-bond donors (Lipinski definition) is 0. The zero-order chi connectivity index (χ0) is 29.1. The van der Waals surface area contributed by atoms with Crippen molar-refractivity contribution >= 4 is 0 Å². The van der Waals surface area contributed by atoms with E-state index >= 15 is 0 Å². The monoisotopic (exact) mass is 562 g/mol. The van der Waals surface area contributed by atoms with Crippen LogP contribution in [0, 0.1) is 0 Å². The highest BCUT2D eigenvalue weighted by Gasteiger charge is 2.79. The zero-order valence-electron chi connectivity index (χ0n) is 18.6. The Morgan fingerprint density at radius 2 is 0.806 bits per heavy atom. The summed E-state index contributed by atoms with van der Waals surface area (Å²) in [5.74, 6) is -14.7. The lowest BCUT2D eigenvalue weighted by molar-refractivity contribution is -0.355.